The Morgan fingerprint density at radius 3 is 0.985 bits per heavy atom. The first kappa shape index (κ1) is 94.2. The van der Waals surface area contributed by atoms with Crippen molar-refractivity contribution >= 4 is 155 Å². The van der Waals surface area contributed by atoms with E-state index in [1.54, 1.807) is 72.5 Å². The number of aryl methyl sites for hydroxylation is 3. The third kappa shape index (κ3) is 21.7. The summed E-state index contributed by atoms with van der Waals surface area (Å²) in [5.41, 5.74) is 14.3. The van der Waals surface area contributed by atoms with Gasteiger partial charge in [-0.2, -0.15) is 4.39 Å². The van der Waals surface area contributed by atoms with Crippen LogP contribution in [0.15, 0.2) is 263 Å². The molecule has 8 aromatic carbocycles. The summed E-state index contributed by atoms with van der Waals surface area (Å²) in [5.74, 6) is -4.98. The van der Waals surface area contributed by atoms with Gasteiger partial charge < -0.3 is 20.4 Å². The molecule has 134 heavy (non-hydrogen) atoms. The number of carboxylic acid groups (broad SMARTS) is 4. The van der Waals surface area contributed by atoms with Crippen LogP contribution in [0.25, 0.3) is 85.7 Å². The van der Waals surface area contributed by atoms with E-state index < -0.39 is 63.2 Å². The van der Waals surface area contributed by atoms with E-state index in [1.807, 2.05) is 148 Å². The zero-order valence-electron chi connectivity index (χ0n) is 71.6. The number of hydrogen-bond acceptors (Lipinski definition) is 24. The Morgan fingerprint density at radius 2 is 0.687 bits per heavy atom. The monoisotopic (exact) mass is 2010 g/mol. The summed E-state index contributed by atoms with van der Waals surface area (Å²) in [7, 11) is -15.3. The average molecular weight is 2020 g/mol. The van der Waals surface area contributed by atoms with E-state index in [-0.39, 0.29) is 93.6 Å². The summed E-state index contributed by atoms with van der Waals surface area (Å²) >= 11 is 15.6. The molecule has 34 heteroatoms. The molecule has 8 aromatic heterocycles. The molecule has 0 atom stereocenters. The molecule has 4 fully saturated rings. The number of nitrogens with zero attached hydrogens (tertiary/aromatic N) is 5. The highest BCUT2D eigenvalue weighted by molar-refractivity contribution is 7.91. The highest BCUT2D eigenvalue weighted by Crippen LogP contribution is 2.50. The Kier molecular flexibility index (Phi) is 27.7. The van der Waals surface area contributed by atoms with Crippen LogP contribution in [0.2, 0.25) is 4.34 Å². The smallest absolute Gasteiger partial charge is 0.335 e. The number of hydrogen-bond donors (Lipinski definition) is 4. The topological polar surface area (TPSA) is 350 Å². The van der Waals surface area contributed by atoms with Crippen LogP contribution in [-0.2, 0) is 62.4 Å². The maximum Gasteiger partial charge on any atom is 0.335 e. The van der Waals surface area contributed by atoms with Gasteiger partial charge in [-0.05, 0) is 359 Å². The Morgan fingerprint density at radius 1 is 0.343 bits per heavy atom. The minimum atomic E-state index is -3.89. The van der Waals surface area contributed by atoms with E-state index in [9.17, 15) is 77.7 Å². The molecule has 0 bridgehead atoms. The van der Waals surface area contributed by atoms with E-state index in [2.05, 4.69) is 22.5 Å². The number of aromatic nitrogens is 5. The fourth-order valence-electron chi connectivity index (χ4n) is 16.2. The number of carboxylic acids is 4. The highest BCUT2D eigenvalue weighted by atomic mass is 35.5. The lowest BCUT2D eigenvalue weighted by Gasteiger charge is -2.15. The molecule has 8 heterocycles. The van der Waals surface area contributed by atoms with E-state index in [1.165, 1.54) is 112 Å². The molecule has 4 aliphatic carbocycles. The first-order valence-corrected chi connectivity index (χ1v) is 54.8. The van der Waals surface area contributed by atoms with Crippen LogP contribution >= 0.6 is 91.7 Å². The van der Waals surface area contributed by atoms with Gasteiger partial charge in [0.1, 0.15) is 0 Å². The summed E-state index contributed by atoms with van der Waals surface area (Å²) in [6.45, 7) is 5.98. The lowest BCUT2D eigenvalue weighted by atomic mass is 10.00. The normalized spacial score (nSPS) is 13.8. The fraction of sp³-hybridized carbons (Fsp3) is 0.190. The maximum absolute atomic E-state index is 13.8. The Bertz CT molecular complexity index is 7500. The van der Waals surface area contributed by atoms with Crippen molar-refractivity contribution in [2.75, 3.05) is 0 Å². The molecule has 682 valence electrons. The van der Waals surface area contributed by atoms with E-state index in [0.29, 0.717) is 59.4 Å². The Hall–Kier alpha value is -11.6. The average Bonchev–Trinajstić information content (AvgIpc) is 1.48. The van der Waals surface area contributed by atoms with Crippen LogP contribution in [0.3, 0.4) is 0 Å². The molecule has 21 nitrogen and oxygen atoms in total. The molecule has 20 rings (SSSR count). The van der Waals surface area contributed by atoms with Crippen molar-refractivity contribution < 1.29 is 77.7 Å². The molecule has 0 saturated heterocycles. The lowest BCUT2D eigenvalue weighted by Crippen LogP contribution is -2.11. The molecule has 4 saturated carbocycles. The van der Waals surface area contributed by atoms with Crippen LogP contribution in [0.5, 0.6) is 0 Å². The van der Waals surface area contributed by atoms with Gasteiger partial charge in [0.05, 0.1) is 84.6 Å². The second-order valence-electron chi connectivity index (χ2n) is 33.0. The lowest BCUT2D eigenvalue weighted by molar-refractivity contribution is 0.0685. The van der Waals surface area contributed by atoms with Gasteiger partial charge in [0.15, 0.2) is 44.5 Å². The van der Waals surface area contributed by atoms with Gasteiger partial charge in [0, 0.05) is 76.9 Å². The van der Waals surface area contributed by atoms with Crippen LogP contribution in [0, 0.1) is 25.9 Å². The zero-order valence-corrected chi connectivity index (χ0v) is 81.3. The molecule has 0 amide bonds. The molecule has 16 aromatic rings. The van der Waals surface area contributed by atoms with Gasteiger partial charge in [-0.15, -0.1) is 34.0 Å². The summed E-state index contributed by atoms with van der Waals surface area (Å²) < 4.78 is 141. The van der Waals surface area contributed by atoms with Gasteiger partial charge >= 0.3 is 23.9 Å². The van der Waals surface area contributed by atoms with Gasteiger partial charge in [0.2, 0.25) is 0 Å². The van der Waals surface area contributed by atoms with Crippen molar-refractivity contribution in [1.29, 1.82) is 0 Å². The van der Waals surface area contributed by atoms with Crippen molar-refractivity contribution in [1.82, 2.24) is 22.5 Å². The van der Waals surface area contributed by atoms with Crippen molar-refractivity contribution in [2.45, 2.75) is 138 Å². The quantitative estimate of drug-likeness (QED) is 0.0354. The molecular weight excluding hydrogens is 1930 g/mol. The van der Waals surface area contributed by atoms with E-state index in [0.717, 1.165) is 152 Å². The molecule has 4 N–H and O–H groups in total. The summed E-state index contributed by atoms with van der Waals surface area (Å²) in [4.78, 5) is 58.7. The van der Waals surface area contributed by atoms with E-state index in [4.69, 9.17) is 11.6 Å². The van der Waals surface area contributed by atoms with Crippen LogP contribution in [0.4, 0.5) is 4.39 Å². The van der Waals surface area contributed by atoms with E-state index >= 15 is 0 Å². The predicted molar refractivity (Wildman–Crippen MR) is 528 cm³/mol. The number of aromatic carboxylic acids is 4. The van der Waals surface area contributed by atoms with Crippen LogP contribution < -0.4 is 0 Å². The zero-order chi connectivity index (χ0) is 94.2. The van der Waals surface area contributed by atoms with Crippen molar-refractivity contribution in [3.8, 4) is 85.7 Å². The largest absolute Gasteiger partial charge is 0.478 e. The molecule has 4 aliphatic rings. The second kappa shape index (κ2) is 39.4. The van der Waals surface area contributed by atoms with Crippen LogP contribution in [0.1, 0.15) is 176 Å². The van der Waals surface area contributed by atoms with Gasteiger partial charge in [0.25, 0.3) is 0 Å². The number of thiophene rings is 3. The minimum absolute atomic E-state index is 0.00852. The first-order valence-electron chi connectivity index (χ1n) is 42.3. The van der Waals surface area contributed by atoms with Gasteiger partial charge in [-0.1, -0.05) is 90.5 Å². The minimum Gasteiger partial charge on any atom is -0.478 e. The molecule has 0 radical (unpaired) electrons. The number of halogens is 2. The van der Waals surface area contributed by atoms with Crippen LogP contribution in [-0.4, -0.2) is 100 Å². The number of carbonyl (C=O) groups is 4. The Balaban J connectivity index is 0.000000124. The fourth-order valence-corrected chi connectivity index (χ4v) is 28.2. The number of pyridine rings is 1. The summed E-state index contributed by atoms with van der Waals surface area (Å²) in [5, 5.41) is 37.4. The standard InChI is InChI=1S/C26H23NO4S3.C25H20FNO4S3.C25H20N2O4S2.C24H18ClNO4S3/c1-15-3-10-24(32-15)21-8-6-18(23-13-27-33-16(23)2)11-20(21)14-34(30,31)25-12-19(26(28)29)7-9-22(25)17-4-5-17;1-14-21(12-27-33-14)16-4-6-19(22-8-9-24(26)32-22)18(10-16)13-34(30,31)23-11-17(25(28)29)5-7-20(23)15-2-3-15;28-25(29)18-7-9-21(16-4-5-16)24(14-18)33(30,31)15-19-13-17(23-10-12-27-32-23)6-8-20(19)22-3-1-2-11-26-22;25-23-8-7-21(31-23)18-5-3-15(20-9-10-26-32-20)11-17(18)13-33(29,30)22-12-16(24(27)28)4-6-19(22)14-1-2-14/h3,6-13,17H,4-5,14H2,1-2H3,(H,28,29);4-12,15H,2-3,13H2,1H3,(H,28,29);1-3,6-14,16H,4-5,15H2,(H,28,29);3-12,14H,1-2,13H2,(H,27,28). The third-order valence-electron chi connectivity index (χ3n) is 23.4. The molecule has 0 unspecified atom stereocenters. The number of sulfone groups is 4. The van der Waals surface area contributed by atoms with Crippen molar-refractivity contribution in [3.63, 3.8) is 0 Å². The highest BCUT2D eigenvalue weighted by Gasteiger charge is 2.38. The van der Waals surface area contributed by atoms with Crippen molar-refractivity contribution in [2.24, 2.45) is 0 Å². The molecule has 0 aliphatic heterocycles. The number of rotatable bonds is 28. The van der Waals surface area contributed by atoms with Gasteiger partial charge in [-0.25, -0.2) is 70.3 Å². The second-order valence-corrected chi connectivity index (χ2v) is 48.6. The SMILES string of the molecule is Cc1ccc(-c2ccc(-c3cnsc3C)cc2CS(=O)(=O)c2cc(C(=O)O)ccc2C2CC2)s1.Cc1sncc1-c1ccc(-c2ccc(F)s2)c(CS(=O)(=O)c2cc(C(=O)O)ccc2C2CC2)c1.O=C(O)c1ccc(C2CC2)c(S(=O)(=O)Cc2cc(-c3ccns3)ccc2-c2ccc(Cl)s2)c1.O=C(O)c1ccc(C2CC2)c(S(=O)(=O)Cc2cc(-c3ccns3)ccc2-c2ccccn2)c1. The first-order chi connectivity index (χ1) is 64.2. The maximum atomic E-state index is 13.8. The third-order valence-corrected chi connectivity index (χ3v) is 36.5. The van der Waals surface area contributed by atoms with Crippen molar-refractivity contribution in [3.05, 3.63) is 334 Å². The summed E-state index contributed by atoms with van der Waals surface area (Å²) in [6, 6.07) is 60.7. The molecular formula is C100H81ClFN5O16S11. The Labute approximate surface area is 806 Å². The number of benzene rings is 8. The predicted octanol–water partition coefficient (Wildman–Crippen LogP) is 25.4. The van der Waals surface area contributed by atoms with Gasteiger partial charge in [-0.3, -0.25) is 4.98 Å². The molecule has 0 spiro atoms. The summed E-state index contributed by atoms with van der Waals surface area (Å²) in [6.07, 6.45) is 15.9.